The third-order valence-electron chi connectivity index (χ3n) is 3.52. The molecular formula is C12H16ClN3S. The van der Waals surface area contributed by atoms with Crippen LogP contribution in [-0.2, 0) is 0 Å². The van der Waals surface area contributed by atoms with Gasteiger partial charge in [0, 0.05) is 0 Å². The lowest BCUT2D eigenvalue weighted by Crippen LogP contribution is -2.38. The van der Waals surface area contributed by atoms with E-state index in [1.807, 2.05) is 0 Å². The Balaban J connectivity index is 1.74. The Morgan fingerprint density at radius 2 is 2.29 bits per heavy atom. The normalized spacial score (nSPS) is 27.3. The zero-order valence-corrected chi connectivity index (χ0v) is 11.4. The van der Waals surface area contributed by atoms with Crippen LogP contribution < -0.4 is 10.6 Å². The van der Waals surface area contributed by atoms with Gasteiger partial charge in [-0.3, -0.25) is 0 Å². The number of nitrogens with zero attached hydrogens (tertiary/aromatic N) is 1. The highest BCUT2D eigenvalue weighted by Gasteiger charge is 2.31. The van der Waals surface area contributed by atoms with Crippen molar-refractivity contribution in [1.29, 1.82) is 0 Å². The first-order valence-electron chi connectivity index (χ1n) is 6.09. The minimum absolute atomic E-state index is 0.462. The molecule has 1 fully saturated rings. The summed E-state index contributed by atoms with van der Waals surface area (Å²) in [7, 11) is 0. The van der Waals surface area contributed by atoms with Gasteiger partial charge in [-0.25, -0.2) is 4.99 Å². The van der Waals surface area contributed by atoms with Crippen LogP contribution in [0.25, 0.3) is 0 Å². The Kier molecular flexibility index (Phi) is 3.01. The van der Waals surface area contributed by atoms with Gasteiger partial charge in [-0.2, -0.15) is 0 Å². The SMILES string of the molecule is Cc1csc(Cl)c1NC1=N[C@H]2CCCCC2N1. The third kappa shape index (κ3) is 2.16. The molecule has 17 heavy (non-hydrogen) atoms. The van der Waals surface area contributed by atoms with Crippen molar-refractivity contribution in [2.24, 2.45) is 4.99 Å². The number of nitrogens with one attached hydrogen (secondary N) is 2. The molecule has 1 aromatic rings. The van der Waals surface area contributed by atoms with Crippen LogP contribution >= 0.6 is 22.9 Å². The Bertz CT molecular complexity index is 435. The molecule has 5 heteroatoms. The van der Waals surface area contributed by atoms with E-state index >= 15 is 0 Å². The lowest BCUT2D eigenvalue weighted by atomic mass is 9.92. The predicted molar refractivity (Wildman–Crippen MR) is 74.3 cm³/mol. The zero-order valence-electron chi connectivity index (χ0n) is 9.79. The molecule has 3 nitrogen and oxygen atoms in total. The molecule has 1 saturated carbocycles. The van der Waals surface area contributed by atoms with Crippen LogP contribution in [0.2, 0.25) is 4.34 Å². The van der Waals surface area contributed by atoms with Crippen molar-refractivity contribution in [1.82, 2.24) is 5.32 Å². The Morgan fingerprint density at radius 3 is 3.00 bits per heavy atom. The Morgan fingerprint density at radius 1 is 1.47 bits per heavy atom. The zero-order chi connectivity index (χ0) is 11.8. The first-order valence-corrected chi connectivity index (χ1v) is 7.35. The Hall–Kier alpha value is -0.740. The van der Waals surface area contributed by atoms with Crippen molar-refractivity contribution < 1.29 is 0 Å². The fraction of sp³-hybridized carbons (Fsp3) is 0.583. The van der Waals surface area contributed by atoms with E-state index in [9.17, 15) is 0 Å². The van der Waals surface area contributed by atoms with Crippen molar-refractivity contribution >= 4 is 34.6 Å². The highest BCUT2D eigenvalue weighted by molar-refractivity contribution is 7.15. The molecule has 0 spiro atoms. The number of rotatable bonds is 1. The molecule has 0 radical (unpaired) electrons. The third-order valence-corrected chi connectivity index (χ3v) is 4.86. The smallest absolute Gasteiger partial charge is 0.196 e. The number of fused-ring (bicyclic) bond motifs is 1. The van der Waals surface area contributed by atoms with Gasteiger partial charge in [0.25, 0.3) is 0 Å². The molecule has 2 heterocycles. The molecule has 0 bridgehead atoms. The van der Waals surface area contributed by atoms with Gasteiger partial charge in [0.05, 0.1) is 17.8 Å². The number of guanidine groups is 1. The fourth-order valence-corrected chi connectivity index (χ4v) is 3.62. The highest BCUT2D eigenvalue weighted by Crippen LogP contribution is 2.33. The molecular weight excluding hydrogens is 254 g/mol. The Labute approximate surface area is 110 Å². The van der Waals surface area contributed by atoms with Gasteiger partial charge < -0.3 is 10.6 Å². The summed E-state index contributed by atoms with van der Waals surface area (Å²) in [5.74, 6) is 0.894. The van der Waals surface area contributed by atoms with E-state index in [1.165, 1.54) is 31.2 Å². The van der Waals surface area contributed by atoms with Crippen LogP contribution in [0.1, 0.15) is 31.2 Å². The van der Waals surface area contributed by atoms with Gasteiger partial charge >= 0.3 is 0 Å². The van der Waals surface area contributed by atoms with Gasteiger partial charge in [0.15, 0.2) is 5.96 Å². The van der Waals surface area contributed by atoms with Gasteiger partial charge in [0.2, 0.25) is 0 Å². The molecule has 0 aromatic carbocycles. The maximum atomic E-state index is 6.15. The standard InChI is InChI=1S/C12H16ClN3S/c1-7-6-17-11(13)10(7)16-12-14-8-4-2-3-5-9(8)15-12/h6,8-9H,2-5H2,1H3,(H2,14,15,16)/t8-,9?/m0/s1. The van der Waals surface area contributed by atoms with Crippen molar-refractivity contribution in [3.8, 4) is 0 Å². The first kappa shape index (κ1) is 11.4. The topological polar surface area (TPSA) is 36.4 Å². The molecule has 1 unspecified atom stereocenters. The minimum atomic E-state index is 0.462. The monoisotopic (exact) mass is 269 g/mol. The van der Waals surface area contributed by atoms with Gasteiger partial charge in [0.1, 0.15) is 4.34 Å². The maximum absolute atomic E-state index is 6.15. The molecule has 1 aromatic heterocycles. The lowest BCUT2D eigenvalue weighted by molar-refractivity contribution is 0.384. The maximum Gasteiger partial charge on any atom is 0.196 e. The van der Waals surface area contributed by atoms with Crippen LogP contribution in [0.3, 0.4) is 0 Å². The van der Waals surface area contributed by atoms with E-state index in [2.05, 4.69) is 22.9 Å². The van der Waals surface area contributed by atoms with E-state index in [1.54, 1.807) is 11.3 Å². The minimum Gasteiger partial charge on any atom is -0.351 e. The second-order valence-corrected chi connectivity index (χ2v) is 6.25. The van der Waals surface area contributed by atoms with Crippen molar-refractivity contribution in [2.75, 3.05) is 5.32 Å². The number of anilines is 1. The molecule has 2 N–H and O–H groups in total. The van der Waals surface area contributed by atoms with Crippen molar-refractivity contribution in [3.05, 3.63) is 15.3 Å². The molecule has 3 rings (SSSR count). The van der Waals surface area contributed by atoms with E-state index in [4.69, 9.17) is 16.6 Å². The van der Waals surface area contributed by atoms with Crippen LogP contribution in [-0.4, -0.2) is 18.0 Å². The van der Waals surface area contributed by atoms with E-state index in [0.717, 1.165) is 16.0 Å². The van der Waals surface area contributed by atoms with Crippen LogP contribution in [0, 0.1) is 6.92 Å². The second kappa shape index (κ2) is 4.50. The molecule has 0 amide bonds. The number of aryl methyl sites for hydroxylation is 1. The van der Waals surface area contributed by atoms with Crippen LogP contribution in [0.4, 0.5) is 5.69 Å². The molecule has 2 atom stereocenters. The number of thiophene rings is 1. The highest BCUT2D eigenvalue weighted by atomic mass is 35.5. The number of halogens is 1. The van der Waals surface area contributed by atoms with Crippen molar-refractivity contribution in [2.45, 2.75) is 44.7 Å². The molecule has 1 aliphatic heterocycles. The summed E-state index contributed by atoms with van der Waals surface area (Å²) in [6.07, 6.45) is 5.06. The van der Waals surface area contributed by atoms with E-state index in [-0.39, 0.29) is 0 Å². The number of hydrogen-bond donors (Lipinski definition) is 2. The molecule has 92 valence electrons. The molecule has 0 saturated heterocycles. The lowest BCUT2D eigenvalue weighted by Gasteiger charge is -2.23. The first-order chi connectivity index (χ1) is 8.24. The van der Waals surface area contributed by atoms with E-state index < -0.39 is 0 Å². The fourth-order valence-electron chi connectivity index (χ4n) is 2.56. The summed E-state index contributed by atoms with van der Waals surface area (Å²) in [5, 5.41) is 8.86. The summed E-state index contributed by atoms with van der Waals surface area (Å²) >= 11 is 7.71. The van der Waals surface area contributed by atoms with E-state index in [0.29, 0.717) is 12.1 Å². The average molecular weight is 270 g/mol. The van der Waals surface area contributed by atoms with Crippen molar-refractivity contribution in [3.63, 3.8) is 0 Å². The summed E-state index contributed by atoms with van der Waals surface area (Å²) in [4.78, 5) is 4.71. The molecule has 1 aliphatic carbocycles. The molecule has 2 aliphatic rings. The van der Waals surface area contributed by atoms with Crippen LogP contribution in [0.5, 0.6) is 0 Å². The summed E-state index contributed by atoms with van der Waals surface area (Å²) in [6, 6.07) is 0.993. The van der Waals surface area contributed by atoms with Crippen LogP contribution in [0.15, 0.2) is 10.4 Å². The number of aliphatic imine (C=N–C) groups is 1. The van der Waals surface area contributed by atoms with Gasteiger partial charge in [-0.15, -0.1) is 11.3 Å². The summed E-state index contributed by atoms with van der Waals surface area (Å²) in [6.45, 7) is 2.06. The second-order valence-electron chi connectivity index (χ2n) is 4.77. The largest absolute Gasteiger partial charge is 0.351 e. The summed E-state index contributed by atoms with van der Waals surface area (Å²) in [5.41, 5.74) is 2.18. The number of hydrogen-bond acceptors (Lipinski definition) is 4. The predicted octanol–water partition coefficient (Wildman–Crippen LogP) is 3.39. The van der Waals surface area contributed by atoms with Gasteiger partial charge in [-0.05, 0) is 30.7 Å². The van der Waals surface area contributed by atoms with Gasteiger partial charge in [-0.1, -0.05) is 24.4 Å². The summed E-state index contributed by atoms with van der Waals surface area (Å²) < 4.78 is 0.807. The average Bonchev–Trinajstić information content (AvgIpc) is 2.87. The quantitative estimate of drug-likeness (QED) is 0.820.